The van der Waals surface area contributed by atoms with Crippen LogP contribution in [-0.2, 0) is 19.1 Å². The van der Waals surface area contributed by atoms with Gasteiger partial charge in [-0.3, -0.25) is 9.59 Å². The summed E-state index contributed by atoms with van der Waals surface area (Å²) in [6, 6.07) is 5.96. The van der Waals surface area contributed by atoms with E-state index in [-0.39, 0.29) is 17.7 Å². The van der Waals surface area contributed by atoms with E-state index in [2.05, 4.69) is 14.8 Å². The van der Waals surface area contributed by atoms with Crippen LogP contribution in [0.4, 0.5) is 19.0 Å². The van der Waals surface area contributed by atoms with Crippen LogP contribution in [0.25, 0.3) is 0 Å². The number of morpholine rings is 1. The molecule has 210 valence electrons. The second-order valence-corrected chi connectivity index (χ2v) is 10.5. The number of anilines is 1. The Kier molecular flexibility index (Phi) is 8.79. The summed E-state index contributed by atoms with van der Waals surface area (Å²) in [5.41, 5.74) is -0.445. The van der Waals surface area contributed by atoms with Gasteiger partial charge in [-0.25, -0.2) is 9.78 Å². The Labute approximate surface area is 219 Å². The number of carboxylic acid groups (broad SMARTS) is 1. The first-order valence-corrected chi connectivity index (χ1v) is 13.2. The Morgan fingerprint density at radius 1 is 1.00 bits per heavy atom. The standard InChI is InChI=1S/C24H34N4O3.C2HF3O2/c29-22(19-6-1-2-7-19)27-11-5-9-24(23(30)26-12-14-31-15-13-26)18-28(17-20(24)16-27)21-8-3-4-10-25-21;3-2(4,5)1(6)7/h3-4,8,10,19-20H,1-2,5-7,9,11-18H2;(H,6,7)/t20-,24-;/m0./s1. The molecule has 0 bridgehead atoms. The number of likely N-dealkylation sites (tertiary alicyclic amines) is 1. The van der Waals surface area contributed by atoms with Gasteiger partial charge in [-0.1, -0.05) is 18.9 Å². The maximum absolute atomic E-state index is 13.9. The van der Waals surface area contributed by atoms with E-state index in [1.54, 1.807) is 0 Å². The summed E-state index contributed by atoms with van der Waals surface area (Å²) in [6.07, 6.45) is 2.85. The summed E-state index contributed by atoms with van der Waals surface area (Å²) in [7, 11) is 0. The fourth-order valence-electron chi connectivity index (χ4n) is 6.21. The number of nitrogens with zero attached hydrogens (tertiary/aromatic N) is 4. The van der Waals surface area contributed by atoms with Crippen molar-refractivity contribution in [2.24, 2.45) is 17.3 Å². The fourth-order valence-corrected chi connectivity index (χ4v) is 6.21. The van der Waals surface area contributed by atoms with Crippen LogP contribution in [0.2, 0.25) is 0 Å². The molecule has 12 heteroatoms. The van der Waals surface area contributed by atoms with E-state index >= 15 is 0 Å². The number of alkyl halides is 3. The number of carboxylic acids is 1. The van der Waals surface area contributed by atoms with Crippen LogP contribution in [0.5, 0.6) is 0 Å². The molecule has 4 fully saturated rings. The van der Waals surface area contributed by atoms with E-state index < -0.39 is 17.6 Å². The van der Waals surface area contributed by atoms with Crippen molar-refractivity contribution in [3.8, 4) is 0 Å². The SMILES string of the molecule is O=C(C1CCCC1)N1CCC[C@]2(C(=O)N3CCOCC3)CN(c3ccccn3)C[C@@H]2C1.O=C(O)C(F)(F)F. The normalized spacial score (nSPS) is 26.3. The van der Waals surface area contributed by atoms with E-state index in [4.69, 9.17) is 14.6 Å². The van der Waals surface area contributed by atoms with Crippen molar-refractivity contribution >= 4 is 23.6 Å². The van der Waals surface area contributed by atoms with Gasteiger partial charge in [-0.15, -0.1) is 0 Å². The quantitative estimate of drug-likeness (QED) is 0.629. The Morgan fingerprint density at radius 3 is 2.29 bits per heavy atom. The van der Waals surface area contributed by atoms with Crippen LogP contribution in [0.15, 0.2) is 24.4 Å². The molecule has 4 heterocycles. The minimum Gasteiger partial charge on any atom is -0.475 e. The topological polar surface area (TPSA) is 103 Å². The summed E-state index contributed by atoms with van der Waals surface area (Å²) < 4.78 is 37.2. The number of hydrogen-bond donors (Lipinski definition) is 1. The number of fused-ring (bicyclic) bond motifs is 1. The van der Waals surface area contributed by atoms with Crippen LogP contribution in [0.3, 0.4) is 0 Å². The third-order valence-corrected chi connectivity index (χ3v) is 8.14. The number of amides is 2. The van der Waals surface area contributed by atoms with E-state index in [9.17, 15) is 22.8 Å². The molecule has 5 rings (SSSR count). The highest BCUT2D eigenvalue weighted by Gasteiger charge is 2.55. The summed E-state index contributed by atoms with van der Waals surface area (Å²) in [6.45, 7) is 5.51. The van der Waals surface area contributed by atoms with Crippen molar-refractivity contribution in [3.05, 3.63) is 24.4 Å². The molecule has 1 N–H and O–H groups in total. The van der Waals surface area contributed by atoms with E-state index in [1.165, 1.54) is 12.8 Å². The lowest BCUT2D eigenvalue weighted by Gasteiger charge is -2.39. The van der Waals surface area contributed by atoms with Crippen molar-refractivity contribution in [2.45, 2.75) is 44.7 Å². The van der Waals surface area contributed by atoms with E-state index in [1.807, 2.05) is 29.3 Å². The lowest BCUT2D eigenvalue weighted by atomic mass is 9.73. The highest BCUT2D eigenvalue weighted by atomic mass is 19.4. The van der Waals surface area contributed by atoms with Gasteiger partial charge >= 0.3 is 12.1 Å². The van der Waals surface area contributed by atoms with Gasteiger partial charge < -0.3 is 24.5 Å². The maximum Gasteiger partial charge on any atom is 0.490 e. The zero-order valence-electron chi connectivity index (χ0n) is 21.4. The van der Waals surface area contributed by atoms with Gasteiger partial charge in [-0.2, -0.15) is 13.2 Å². The number of rotatable bonds is 3. The van der Waals surface area contributed by atoms with E-state index in [0.717, 1.165) is 44.6 Å². The van der Waals surface area contributed by atoms with Gasteiger partial charge in [0.15, 0.2) is 0 Å². The molecule has 1 aromatic heterocycles. The second-order valence-electron chi connectivity index (χ2n) is 10.5. The predicted molar refractivity (Wildman–Crippen MR) is 131 cm³/mol. The molecule has 3 aliphatic heterocycles. The number of aromatic nitrogens is 1. The molecule has 0 spiro atoms. The van der Waals surface area contributed by atoms with E-state index in [0.29, 0.717) is 45.3 Å². The van der Waals surface area contributed by atoms with Crippen LogP contribution >= 0.6 is 0 Å². The minimum atomic E-state index is -5.08. The number of aliphatic carboxylic acids is 1. The molecule has 9 nitrogen and oxygen atoms in total. The molecule has 38 heavy (non-hydrogen) atoms. The molecule has 4 aliphatic rings. The van der Waals surface area contributed by atoms with Gasteiger partial charge in [0.05, 0.1) is 18.6 Å². The van der Waals surface area contributed by atoms with Crippen molar-refractivity contribution in [2.75, 3.05) is 57.4 Å². The van der Waals surface area contributed by atoms with Gasteiger partial charge in [0.1, 0.15) is 5.82 Å². The smallest absolute Gasteiger partial charge is 0.475 e. The lowest BCUT2D eigenvalue weighted by Crippen LogP contribution is -2.53. The Morgan fingerprint density at radius 2 is 1.68 bits per heavy atom. The zero-order valence-corrected chi connectivity index (χ0v) is 21.4. The Bertz CT molecular complexity index is 983. The molecule has 1 saturated carbocycles. The summed E-state index contributed by atoms with van der Waals surface area (Å²) in [4.78, 5) is 47.0. The van der Waals surface area contributed by atoms with Gasteiger partial charge in [0.25, 0.3) is 0 Å². The van der Waals surface area contributed by atoms with Gasteiger partial charge in [-0.05, 0) is 37.8 Å². The number of carbonyl (C=O) groups is 3. The first-order chi connectivity index (χ1) is 18.1. The largest absolute Gasteiger partial charge is 0.490 e. The van der Waals surface area contributed by atoms with Gasteiger partial charge in [0, 0.05) is 57.3 Å². The summed E-state index contributed by atoms with van der Waals surface area (Å²) in [5, 5.41) is 7.12. The highest BCUT2D eigenvalue weighted by Crippen LogP contribution is 2.45. The van der Waals surface area contributed by atoms with Crippen molar-refractivity contribution in [1.82, 2.24) is 14.8 Å². The average molecular weight is 541 g/mol. The number of halogens is 3. The van der Waals surface area contributed by atoms with Crippen molar-refractivity contribution < 1.29 is 37.4 Å². The van der Waals surface area contributed by atoms with Crippen LogP contribution in [-0.4, -0.2) is 96.3 Å². The summed E-state index contributed by atoms with van der Waals surface area (Å²) in [5.74, 6) is -0.919. The molecule has 3 saturated heterocycles. The lowest BCUT2D eigenvalue weighted by molar-refractivity contribution is -0.192. The first kappa shape index (κ1) is 28.1. The van der Waals surface area contributed by atoms with Gasteiger partial charge in [0.2, 0.25) is 11.8 Å². The Balaban J connectivity index is 0.000000426. The molecule has 1 aliphatic carbocycles. The van der Waals surface area contributed by atoms with Crippen molar-refractivity contribution in [3.63, 3.8) is 0 Å². The summed E-state index contributed by atoms with van der Waals surface area (Å²) >= 11 is 0. The molecule has 1 aromatic rings. The third kappa shape index (κ3) is 6.22. The van der Waals surface area contributed by atoms with Crippen LogP contribution < -0.4 is 4.90 Å². The second kappa shape index (κ2) is 11.9. The highest BCUT2D eigenvalue weighted by molar-refractivity contribution is 5.85. The number of ether oxygens (including phenoxy) is 1. The van der Waals surface area contributed by atoms with Crippen LogP contribution in [0.1, 0.15) is 38.5 Å². The third-order valence-electron chi connectivity index (χ3n) is 8.14. The number of carbonyl (C=O) groups excluding carboxylic acids is 2. The number of hydrogen-bond acceptors (Lipinski definition) is 6. The monoisotopic (exact) mass is 540 g/mol. The molecule has 0 aromatic carbocycles. The molecular weight excluding hydrogens is 505 g/mol. The number of pyridine rings is 1. The maximum atomic E-state index is 13.9. The first-order valence-electron chi connectivity index (χ1n) is 13.2. The predicted octanol–water partition coefficient (Wildman–Crippen LogP) is 2.81. The molecule has 2 atom stereocenters. The van der Waals surface area contributed by atoms with Crippen molar-refractivity contribution in [1.29, 1.82) is 0 Å². The molecule has 0 unspecified atom stereocenters. The minimum absolute atomic E-state index is 0.137. The molecule has 2 amide bonds. The molecular formula is C26H35F3N4O5. The molecule has 0 radical (unpaired) electrons. The van der Waals surface area contributed by atoms with Crippen LogP contribution in [0, 0.1) is 17.3 Å². The zero-order chi connectivity index (χ0) is 27.3. The average Bonchev–Trinajstić information content (AvgIpc) is 3.54. The fraction of sp³-hybridized carbons (Fsp3) is 0.692. The Hall–Kier alpha value is -2.89.